The molecule has 0 heterocycles. The maximum atomic E-state index is 5.89. The van der Waals surface area contributed by atoms with Crippen molar-refractivity contribution in [2.45, 2.75) is 32.6 Å². The first-order valence-electron chi connectivity index (χ1n) is 6.57. The molecule has 0 saturated carbocycles. The Morgan fingerprint density at radius 2 is 1.72 bits per heavy atom. The average molecular weight is 262 g/mol. The fourth-order valence-corrected chi connectivity index (χ4v) is 2.01. The zero-order valence-corrected chi connectivity index (χ0v) is 12.5. The minimum absolute atomic E-state index is 0.198. The molecule has 0 aromatic heterocycles. The Hall–Kier alpha value is -0.200. The molecular weight excluding hydrogens is 232 g/mol. The molecule has 5 heteroatoms. The van der Waals surface area contributed by atoms with Gasteiger partial charge in [0.15, 0.2) is 6.29 Å². The zero-order chi connectivity index (χ0) is 14.0. The first-order valence-corrected chi connectivity index (χ1v) is 6.57. The molecule has 0 rings (SSSR count). The predicted octanol–water partition coefficient (Wildman–Crippen LogP) is 0.927. The molecule has 5 nitrogen and oxygen atoms in total. The highest BCUT2D eigenvalue weighted by atomic mass is 16.7. The molecule has 0 aliphatic carbocycles. The highest BCUT2D eigenvalue weighted by molar-refractivity contribution is 4.75. The second-order valence-electron chi connectivity index (χ2n) is 4.91. The van der Waals surface area contributed by atoms with Crippen LogP contribution in [0.4, 0.5) is 0 Å². The van der Waals surface area contributed by atoms with Crippen LogP contribution in [0.15, 0.2) is 0 Å². The van der Waals surface area contributed by atoms with Gasteiger partial charge in [-0.05, 0) is 5.92 Å². The molecule has 110 valence electrons. The van der Waals surface area contributed by atoms with Crippen molar-refractivity contribution >= 4 is 0 Å². The molecule has 18 heavy (non-hydrogen) atoms. The lowest BCUT2D eigenvalue weighted by atomic mass is 10.1. The Morgan fingerprint density at radius 1 is 1.11 bits per heavy atom. The van der Waals surface area contributed by atoms with E-state index in [1.165, 1.54) is 0 Å². The van der Waals surface area contributed by atoms with Gasteiger partial charge >= 0.3 is 0 Å². The molecule has 0 spiro atoms. The van der Waals surface area contributed by atoms with Crippen LogP contribution >= 0.6 is 0 Å². The smallest absolute Gasteiger partial charge is 0.158 e. The van der Waals surface area contributed by atoms with E-state index in [4.69, 9.17) is 19.9 Å². The molecule has 0 bridgehead atoms. The predicted molar refractivity (Wildman–Crippen MR) is 73.6 cm³/mol. The Bertz CT molecular complexity index is 187. The van der Waals surface area contributed by atoms with E-state index < -0.39 is 0 Å². The molecule has 1 unspecified atom stereocenters. The molecule has 0 fully saturated rings. The maximum absolute atomic E-state index is 5.89. The molecule has 2 N–H and O–H groups in total. The summed E-state index contributed by atoms with van der Waals surface area (Å²) >= 11 is 0. The fourth-order valence-electron chi connectivity index (χ4n) is 2.01. The summed E-state index contributed by atoms with van der Waals surface area (Å²) in [6.07, 6.45) is 0.579. The first-order chi connectivity index (χ1) is 8.58. The fraction of sp³-hybridized carbons (Fsp3) is 1.00. The Kier molecular flexibility index (Phi) is 10.6. The highest BCUT2D eigenvalue weighted by Gasteiger charge is 2.21. The zero-order valence-electron chi connectivity index (χ0n) is 12.5. The summed E-state index contributed by atoms with van der Waals surface area (Å²) in [7, 11) is 5.03. The van der Waals surface area contributed by atoms with Crippen LogP contribution in [0.1, 0.15) is 20.3 Å². The van der Waals surface area contributed by atoms with Gasteiger partial charge in [0.25, 0.3) is 0 Å². The summed E-state index contributed by atoms with van der Waals surface area (Å²) in [6.45, 7) is 7.62. The Labute approximate surface area is 112 Å². The van der Waals surface area contributed by atoms with Gasteiger partial charge in [0, 0.05) is 53.4 Å². The third kappa shape index (κ3) is 7.28. The van der Waals surface area contributed by atoms with Crippen LogP contribution in [0, 0.1) is 5.92 Å². The maximum Gasteiger partial charge on any atom is 0.158 e. The van der Waals surface area contributed by atoms with E-state index in [1.54, 1.807) is 21.3 Å². The monoisotopic (exact) mass is 262 g/mol. The van der Waals surface area contributed by atoms with Gasteiger partial charge in [0.05, 0.1) is 6.61 Å². The second kappa shape index (κ2) is 10.7. The lowest BCUT2D eigenvalue weighted by Crippen LogP contribution is -2.46. The van der Waals surface area contributed by atoms with Gasteiger partial charge in [-0.2, -0.15) is 0 Å². The number of nitrogens with two attached hydrogens (primary N) is 1. The number of rotatable bonds is 11. The van der Waals surface area contributed by atoms with Crippen LogP contribution in [0.2, 0.25) is 0 Å². The molecule has 0 aromatic carbocycles. The van der Waals surface area contributed by atoms with Crippen molar-refractivity contribution in [1.29, 1.82) is 0 Å². The van der Waals surface area contributed by atoms with E-state index in [-0.39, 0.29) is 12.3 Å². The summed E-state index contributed by atoms with van der Waals surface area (Å²) in [5.41, 5.74) is 5.89. The Balaban J connectivity index is 4.46. The van der Waals surface area contributed by atoms with Gasteiger partial charge in [-0.3, -0.25) is 4.90 Å². The largest absolute Gasteiger partial charge is 0.383 e. The highest BCUT2D eigenvalue weighted by Crippen LogP contribution is 2.11. The average Bonchev–Trinajstić information content (AvgIpc) is 2.36. The Morgan fingerprint density at radius 3 is 2.11 bits per heavy atom. The molecule has 0 aliphatic rings. The minimum Gasteiger partial charge on any atom is -0.383 e. The molecular formula is C13H30N2O3. The van der Waals surface area contributed by atoms with Gasteiger partial charge in [-0.15, -0.1) is 0 Å². The van der Waals surface area contributed by atoms with Gasteiger partial charge in [-0.1, -0.05) is 13.8 Å². The third-order valence-electron chi connectivity index (χ3n) is 2.96. The molecule has 0 aromatic rings. The van der Waals surface area contributed by atoms with Crippen LogP contribution < -0.4 is 5.73 Å². The number of hydrogen-bond acceptors (Lipinski definition) is 5. The lowest BCUT2D eigenvalue weighted by molar-refractivity contribution is -0.117. The molecule has 0 radical (unpaired) electrons. The van der Waals surface area contributed by atoms with E-state index in [1.807, 2.05) is 0 Å². The van der Waals surface area contributed by atoms with Crippen molar-refractivity contribution < 1.29 is 14.2 Å². The van der Waals surface area contributed by atoms with Crippen molar-refractivity contribution in [2.24, 2.45) is 11.7 Å². The van der Waals surface area contributed by atoms with Gasteiger partial charge < -0.3 is 19.9 Å². The topological polar surface area (TPSA) is 57.0 Å². The number of nitrogens with zero attached hydrogens (tertiary/aromatic N) is 1. The number of ether oxygens (including phenoxy) is 3. The van der Waals surface area contributed by atoms with E-state index in [2.05, 4.69) is 18.7 Å². The standard InChI is InChI=1S/C13H30N2O3/c1-11(2)10-15(6-7-16-3)12(9-14)8-13(17-4)18-5/h11-13H,6-10,14H2,1-5H3. The minimum atomic E-state index is -0.198. The lowest BCUT2D eigenvalue weighted by Gasteiger charge is -2.33. The van der Waals surface area contributed by atoms with Crippen molar-refractivity contribution in [3.63, 3.8) is 0 Å². The van der Waals surface area contributed by atoms with Crippen molar-refractivity contribution in [3.05, 3.63) is 0 Å². The van der Waals surface area contributed by atoms with Crippen LogP contribution in [0.3, 0.4) is 0 Å². The van der Waals surface area contributed by atoms with Crippen LogP contribution in [0.25, 0.3) is 0 Å². The third-order valence-corrected chi connectivity index (χ3v) is 2.96. The van der Waals surface area contributed by atoms with Crippen molar-refractivity contribution in [1.82, 2.24) is 4.90 Å². The SMILES string of the molecule is COCCN(CC(C)C)C(CN)CC(OC)OC. The van der Waals surface area contributed by atoms with Crippen LogP contribution in [0.5, 0.6) is 0 Å². The summed E-state index contributed by atoms with van der Waals surface area (Å²) in [4.78, 5) is 2.36. The molecule has 0 aliphatic heterocycles. The van der Waals surface area contributed by atoms with Crippen LogP contribution in [-0.4, -0.2) is 64.8 Å². The quantitative estimate of drug-likeness (QED) is 0.561. The van der Waals surface area contributed by atoms with E-state index in [0.29, 0.717) is 19.1 Å². The van der Waals surface area contributed by atoms with E-state index in [0.717, 1.165) is 19.5 Å². The number of hydrogen-bond donors (Lipinski definition) is 1. The summed E-state index contributed by atoms with van der Waals surface area (Å²) in [5.74, 6) is 0.597. The van der Waals surface area contributed by atoms with Gasteiger partial charge in [-0.25, -0.2) is 0 Å². The molecule has 0 saturated heterocycles. The normalized spacial score (nSPS) is 13.8. The van der Waals surface area contributed by atoms with Crippen LogP contribution in [-0.2, 0) is 14.2 Å². The van der Waals surface area contributed by atoms with E-state index >= 15 is 0 Å². The van der Waals surface area contributed by atoms with Crippen molar-refractivity contribution in [2.75, 3.05) is 47.6 Å². The second-order valence-corrected chi connectivity index (χ2v) is 4.91. The van der Waals surface area contributed by atoms with Crippen molar-refractivity contribution in [3.8, 4) is 0 Å². The number of methoxy groups -OCH3 is 3. The van der Waals surface area contributed by atoms with Gasteiger partial charge in [0.1, 0.15) is 0 Å². The van der Waals surface area contributed by atoms with E-state index in [9.17, 15) is 0 Å². The summed E-state index contributed by atoms with van der Waals surface area (Å²) in [5, 5.41) is 0. The molecule has 1 atom stereocenters. The first kappa shape index (κ1) is 17.8. The molecule has 0 amide bonds. The summed E-state index contributed by atoms with van der Waals surface area (Å²) < 4.78 is 15.7. The van der Waals surface area contributed by atoms with Gasteiger partial charge in [0.2, 0.25) is 0 Å². The summed E-state index contributed by atoms with van der Waals surface area (Å²) in [6, 6.07) is 0.257.